The van der Waals surface area contributed by atoms with Gasteiger partial charge in [0, 0.05) is 17.1 Å². The minimum atomic E-state index is -0.260. The quantitative estimate of drug-likeness (QED) is 0.618. The Kier molecular flexibility index (Phi) is 3.88. The third kappa shape index (κ3) is 3.07. The average molecular weight is 331 g/mol. The number of hydrogen-bond acceptors (Lipinski definition) is 6. The summed E-state index contributed by atoms with van der Waals surface area (Å²) in [4.78, 5) is 24.9. The van der Waals surface area contributed by atoms with Gasteiger partial charge in [-0.15, -0.1) is 0 Å². The second-order valence-corrected chi connectivity index (χ2v) is 5.33. The van der Waals surface area contributed by atoms with E-state index in [2.05, 4.69) is 25.4 Å². The van der Waals surface area contributed by atoms with Gasteiger partial charge in [-0.25, -0.2) is 9.97 Å². The summed E-state index contributed by atoms with van der Waals surface area (Å²) in [6.07, 6.45) is 3.09. The molecule has 0 bridgehead atoms. The molecule has 2 aromatic carbocycles. The molecule has 2 aromatic heterocycles. The highest BCUT2D eigenvalue weighted by atomic mass is 16.5. The zero-order chi connectivity index (χ0) is 17.1. The van der Waals surface area contributed by atoms with Crippen LogP contribution < -0.4 is 5.32 Å². The van der Waals surface area contributed by atoms with Crippen molar-refractivity contribution in [3.05, 3.63) is 72.5 Å². The highest BCUT2D eigenvalue weighted by Crippen LogP contribution is 2.16. The standard InChI is InChI=1S/C18H13N5O2/c24-18(14-8-4-7-13-9-19-11-21-16(13)14)20-10-15-22-17(23-25-15)12-5-2-1-3-6-12/h1-9,11H,10H2,(H,20,24). The smallest absolute Gasteiger partial charge is 0.253 e. The van der Waals surface area contributed by atoms with E-state index in [-0.39, 0.29) is 12.5 Å². The Morgan fingerprint density at radius 3 is 2.84 bits per heavy atom. The van der Waals surface area contributed by atoms with Gasteiger partial charge >= 0.3 is 0 Å². The lowest BCUT2D eigenvalue weighted by Crippen LogP contribution is -2.23. The number of rotatable bonds is 4. The van der Waals surface area contributed by atoms with Gasteiger partial charge in [-0.05, 0) is 6.07 Å². The molecule has 0 unspecified atom stereocenters. The first-order valence-corrected chi connectivity index (χ1v) is 7.66. The van der Waals surface area contributed by atoms with E-state index < -0.39 is 0 Å². The number of carbonyl (C=O) groups excluding carboxylic acids is 1. The number of nitrogens with zero attached hydrogens (tertiary/aromatic N) is 4. The fourth-order valence-electron chi connectivity index (χ4n) is 2.48. The Balaban J connectivity index is 1.50. The molecular weight excluding hydrogens is 318 g/mol. The third-order valence-corrected chi connectivity index (χ3v) is 3.68. The summed E-state index contributed by atoms with van der Waals surface area (Å²) in [5.41, 5.74) is 1.93. The Bertz CT molecular complexity index is 1020. The predicted molar refractivity (Wildman–Crippen MR) is 90.4 cm³/mol. The van der Waals surface area contributed by atoms with Crippen molar-refractivity contribution in [2.24, 2.45) is 0 Å². The fraction of sp³-hybridized carbons (Fsp3) is 0.0556. The first-order chi connectivity index (χ1) is 12.3. The van der Waals surface area contributed by atoms with Gasteiger partial charge in [-0.2, -0.15) is 4.98 Å². The molecule has 0 radical (unpaired) electrons. The molecule has 4 aromatic rings. The lowest BCUT2D eigenvalue weighted by molar-refractivity contribution is 0.0947. The lowest BCUT2D eigenvalue weighted by atomic mass is 10.1. The van der Waals surface area contributed by atoms with Crippen molar-refractivity contribution >= 4 is 16.8 Å². The molecule has 1 amide bonds. The van der Waals surface area contributed by atoms with Gasteiger partial charge in [0.1, 0.15) is 6.33 Å². The molecule has 4 rings (SSSR count). The molecule has 0 spiro atoms. The minimum absolute atomic E-state index is 0.139. The average Bonchev–Trinajstić information content (AvgIpc) is 3.15. The molecule has 0 aliphatic carbocycles. The summed E-state index contributed by atoms with van der Waals surface area (Å²) in [5, 5.41) is 7.51. The summed E-state index contributed by atoms with van der Waals surface area (Å²) in [5.74, 6) is 0.563. The molecule has 0 saturated carbocycles. The van der Waals surface area contributed by atoms with Crippen LogP contribution in [0.5, 0.6) is 0 Å². The van der Waals surface area contributed by atoms with Crippen LogP contribution in [0, 0.1) is 0 Å². The van der Waals surface area contributed by atoms with Crippen molar-refractivity contribution in [1.29, 1.82) is 0 Å². The fourth-order valence-corrected chi connectivity index (χ4v) is 2.48. The molecule has 0 aliphatic rings. The topological polar surface area (TPSA) is 93.8 Å². The maximum absolute atomic E-state index is 12.4. The van der Waals surface area contributed by atoms with E-state index in [9.17, 15) is 4.79 Å². The van der Waals surface area contributed by atoms with E-state index in [0.717, 1.165) is 10.9 Å². The maximum atomic E-state index is 12.4. The van der Waals surface area contributed by atoms with Crippen LogP contribution in [0.2, 0.25) is 0 Å². The third-order valence-electron chi connectivity index (χ3n) is 3.68. The molecule has 7 heteroatoms. The summed E-state index contributed by atoms with van der Waals surface area (Å²) in [6.45, 7) is 0.139. The second-order valence-electron chi connectivity index (χ2n) is 5.33. The molecule has 122 valence electrons. The number of benzene rings is 2. The van der Waals surface area contributed by atoms with Gasteiger partial charge in [0.15, 0.2) is 0 Å². The van der Waals surface area contributed by atoms with E-state index in [1.54, 1.807) is 18.3 Å². The van der Waals surface area contributed by atoms with Crippen LogP contribution in [-0.4, -0.2) is 26.0 Å². The monoisotopic (exact) mass is 331 g/mol. The summed E-state index contributed by atoms with van der Waals surface area (Å²) in [7, 11) is 0. The number of carbonyl (C=O) groups is 1. The first-order valence-electron chi connectivity index (χ1n) is 7.66. The molecule has 2 heterocycles. The van der Waals surface area contributed by atoms with Gasteiger partial charge in [-0.1, -0.05) is 47.6 Å². The van der Waals surface area contributed by atoms with Crippen molar-refractivity contribution in [3.8, 4) is 11.4 Å². The van der Waals surface area contributed by atoms with Crippen LogP contribution >= 0.6 is 0 Å². The molecule has 0 atom stereocenters. The summed E-state index contributed by atoms with van der Waals surface area (Å²) >= 11 is 0. The van der Waals surface area contributed by atoms with Crippen molar-refractivity contribution < 1.29 is 9.32 Å². The van der Waals surface area contributed by atoms with Gasteiger partial charge in [0.2, 0.25) is 11.7 Å². The van der Waals surface area contributed by atoms with Crippen molar-refractivity contribution in [1.82, 2.24) is 25.4 Å². The minimum Gasteiger partial charge on any atom is -0.343 e. The zero-order valence-corrected chi connectivity index (χ0v) is 13.1. The van der Waals surface area contributed by atoms with Gasteiger partial charge in [0.05, 0.1) is 17.6 Å². The molecule has 1 N–H and O–H groups in total. The van der Waals surface area contributed by atoms with Crippen molar-refractivity contribution in [2.45, 2.75) is 6.54 Å². The van der Waals surface area contributed by atoms with Crippen LogP contribution in [-0.2, 0) is 6.54 Å². The Labute approximate surface area is 142 Å². The van der Waals surface area contributed by atoms with Crippen molar-refractivity contribution in [2.75, 3.05) is 0 Å². The number of para-hydroxylation sites is 1. The van der Waals surface area contributed by atoms with Gasteiger partial charge in [-0.3, -0.25) is 4.79 Å². The zero-order valence-electron chi connectivity index (χ0n) is 13.1. The number of amides is 1. The van der Waals surface area contributed by atoms with Crippen LogP contribution in [0.3, 0.4) is 0 Å². The van der Waals surface area contributed by atoms with Crippen LogP contribution in [0.4, 0.5) is 0 Å². The number of fused-ring (bicyclic) bond motifs is 1. The van der Waals surface area contributed by atoms with Crippen LogP contribution in [0.25, 0.3) is 22.3 Å². The van der Waals surface area contributed by atoms with Gasteiger partial charge in [0.25, 0.3) is 5.91 Å². The molecule has 25 heavy (non-hydrogen) atoms. The van der Waals surface area contributed by atoms with Crippen LogP contribution in [0.15, 0.2) is 65.6 Å². The van der Waals surface area contributed by atoms with E-state index in [4.69, 9.17) is 4.52 Å². The summed E-state index contributed by atoms with van der Waals surface area (Å²) in [6, 6.07) is 14.9. The Morgan fingerprint density at radius 1 is 1.08 bits per heavy atom. The predicted octanol–water partition coefficient (Wildman–Crippen LogP) is 2.61. The van der Waals surface area contributed by atoms with Crippen molar-refractivity contribution in [3.63, 3.8) is 0 Å². The van der Waals surface area contributed by atoms with Crippen LogP contribution in [0.1, 0.15) is 16.2 Å². The highest BCUT2D eigenvalue weighted by molar-refractivity contribution is 6.05. The molecule has 0 aliphatic heterocycles. The molecular formula is C18H13N5O2. The summed E-state index contributed by atoms with van der Waals surface area (Å²) < 4.78 is 5.19. The lowest BCUT2D eigenvalue weighted by Gasteiger charge is -2.05. The molecule has 0 fully saturated rings. The maximum Gasteiger partial charge on any atom is 0.253 e. The Morgan fingerprint density at radius 2 is 1.96 bits per heavy atom. The number of nitrogens with one attached hydrogen (secondary N) is 1. The van der Waals surface area contributed by atoms with E-state index >= 15 is 0 Å². The SMILES string of the molecule is O=C(NCc1nc(-c2ccccc2)no1)c1cccc2cncnc12. The van der Waals surface area contributed by atoms with E-state index in [1.807, 2.05) is 36.4 Å². The first kappa shape index (κ1) is 14.9. The normalized spacial score (nSPS) is 10.7. The highest BCUT2D eigenvalue weighted by Gasteiger charge is 2.13. The Hall–Kier alpha value is -3.61. The van der Waals surface area contributed by atoms with E-state index in [0.29, 0.717) is 22.8 Å². The number of hydrogen-bond donors (Lipinski definition) is 1. The largest absolute Gasteiger partial charge is 0.343 e. The van der Waals surface area contributed by atoms with E-state index in [1.165, 1.54) is 6.33 Å². The molecule has 0 saturated heterocycles. The number of aromatic nitrogens is 4. The second kappa shape index (κ2) is 6.48. The molecule has 7 nitrogen and oxygen atoms in total. The van der Waals surface area contributed by atoms with Gasteiger partial charge < -0.3 is 9.84 Å².